The molecule has 0 saturated heterocycles. The van der Waals surface area contributed by atoms with Crippen LogP contribution in [0.5, 0.6) is 0 Å². The van der Waals surface area contributed by atoms with E-state index in [0.29, 0.717) is 5.11 Å². The molecule has 7 heteroatoms. The van der Waals surface area contributed by atoms with Gasteiger partial charge in [-0.25, -0.2) is 0 Å². The number of hydrogen-bond donors (Lipinski definition) is 3. The molecular formula is C19H18N4OS2. The highest BCUT2D eigenvalue weighted by Gasteiger charge is 2.07. The molecule has 3 N–H and O–H groups in total. The minimum atomic E-state index is -0.170. The standard InChI is InChI=1S/C19H18N4OS2/c1-13-5-2-8-15(11-13)21-19(25)23-22-17(24)12-26-16-9-3-6-14-7-4-10-20-18(14)16/h2-11H,12H2,1H3,(H,22,24)(H2,21,23,25). The van der Waals surface area contributed by atoms with Crippen molar-refractivity contribution in [3.05, 3.63) is 66.4 Å². The Morgan fingerprint density at radius 1 is 1.12 bits per heavy atom. The third kappa shape index (κ3) is 4.93. The largest absolute Gasteiger partial charge is 0.331 e. The van der Waals surface area contributed by atoms with Crippen LogP contribution in [-0.4, -0.2) is 21.8 Å². The average molecular weight is 383 g/mol. The molecule has 5 nitrogen and oxygen atoms in total. The molecule has 3 rings (SSSR count). The van der Waals surface area contributed by atoms with Crippen LogP contribution in [0.4, 0.5) is 5.69 Å². The fraction of sp³-hybridized carbons (Fsp3) is 0.105. The lowest BCUT2D eigenvalue weighted by Crippen LogP contribution is -2.44. The second kappa shape index (κ2) is 8.64. The molecule has 0 radical (unpaired) electrons. The fourth-order valence-corrected chi connectivity index (χ4v) is 3.39. The van der Waals surface area contributed by atoms with Gasteiger partial charge in [0, 0.05) is 22.2 Å². The molecule has 132 valence electrons. The first-order chi connectivity index (χ1) is 12.6. The van der Waals surface area contributed by atoms with Crippen LogP contribution in [0.25, 0.3) is 10.9 Å². The second-order valence-electron chi connectivity index (χ2n) is 5.62. The second-order valence-corrected chi connectivity index (χ2v) is 7.04. The van der Waals surface area contributed by atoms with Crippen molar-refractivity contribution < 1.29 is 4.79 Å². The summed E-state index contributed by atoms with van der Waals surface area (Å²) in [6, 6.07) is 17.7. The van der Waals surface area contributed by atoms with E-state index < -0.39 is 0 Å². The number of nitrogens with one attached hydrogen (secondary N) is 3. The summed E-state index contributed by atoms with van der Waals surface area (Å²) in [6.45, 7) is 2.00. The topological polar surface area (TPSA) is 66.0 Å². The van der Waals surface area contributed by atoms with E-state index in [2.05, 4.69) is 21.2 Å². The zero-order valence-electron chi connectivity index (χ0n) is 14.2. The van der Waals surface area contributed by atoms with Crippen molar-refractivity contribution in [3.8, 4) is 0 Å². The number of thiocarbonyl (C=S) groups is 1. The maximum Gasteiger partial charge on any atom is 0.248 e. The molecule has 0 unspecified atom stereocenters. The molecule has 3 aromatic rings. The smallest absolute Gasteiger partial charge is 0.248 e. The molecule has 0 aliphatic rings. The SMILES string of the molecule is Cc1cccc(NC(=S)NNC(=O)CSc2cccc3cccnc23)c1. The summed E-state index contributed by atoms with van der Waals surface area (Å²) in [5.41, 5.74) is 8.21. The van der Waals surface area contributed by atoms with Crippen LogP contribution in [0.3, 0.4) is 0 Å². The first-order valence-corrected chi connectivity index (χ1v) is 9.40. The molecule has 1 heterocycles. The molecule has 0 saturated carbocycles. The number of para-hydroxylation sites is 1. The Labute approximate surface area is 161 Å². The molecule has 1 aromatic heterocycles. The summed E-state index contributed by atoms with van der Waals surface area (Å²) in [5, 5.41) is 4.41. The van der Waals surface area contributed by atoms with E-state index in [-0.39, 0.29) is 11.7 Å². The van der Waals surface area contributed by atoms with Crippen LogP contribution in [0, 0.1) is 6.92 Å². The monoisotopic (exact) mass is 382 g/mol. The van der Waals surface area contributed by atoms with Gasteiger partial charge in [-0.05, 0) is 49.0 Å². The minimum Gasteiger partial charge on any atom is -0.331 e. The van der Waals surface area contributed by atoms with E-state index in [0.717, 1.165) is 27.0 Å². The minimum absolute atomic E-state index is 0.170. The predicted octanol–water partition coefficient (Wildman–Crippen LogP) is 3.65. The van der Waals surface area contributed by atoms with Crippen molar-refractivity contribution in [3.63, 3.8) is 0 Å². The number of amides is 1. The number of pyridine rings is 1. The number of aryl methyl sites for hydroxylation is 1. The Hall–Kier alpha value is -2.64. The summed E-state index contributed by atoms with van der Waals surface area (Å²) >= 11 is 6.62. The number of carbonyl (C=O) groups is 1. The molecule has 0 spiro atoms. The number of aromatic nitrogens is 1. The van der Waals surface area contributed by atoms with Gasteiger partial charge in [0.15, 0.2) is 5.11 Å². The highest BCUT2D eigenvalue weighted by Crippen LogP contribution is 2.25. The maximum atomic E-state index is 12.1. The highest BCUT2D eigenvalue weighted by atomic mass is 32.2. The van der Waals surface area contributed by atoms with Crippen LogP contribution in [0.1, 0.15) is 5.56 Å². The van der Waals surface area contributed by atoms with Gasteiger partial charge in [-0.15, -0.1) is 11.8 Å². The van der Waals surface area contributed by atoms with Gasteiger partial charge in [-0.2, -0.15) is 0 Å². The van der Waals surface area contributed by atoms with Crippen molar-refractivity contribution in [1.29, 1.82) is 0 Å². The van der Waals surface area contributed by atoms with E-state index in [9.17, 15) is 4.79 Å². The summed E-state index contributed by atoms with van der Waals surface area (Å²) in [6.07, 6.45) is 1.75. The van der Waals surface area contributed by atoms with Crippen LogP contribution in [0.2, 0.25) is 0 Å². The van der Waals surface area contributed by atoms with Crippen molar-refractivity contribution in [1.82, 2.24) is 15.8 Å². The zero-order valence-corrected chi connectivity index (χ0v) is 15.8. The van der Waals surface area contributed by atoms with Crippen molar-refractivity contribution in [2.45, 2.75) is 11.8 Å². The lowest BCUT2D eigenvalue weighted by atomic mass is 10.2. The van der Waals surface area contributed by atoms with Gasteiger partial charge in [0.25, 0.3) is 0 Å². The molecule has 0 fully saturated rings. The van der Waals surface area contributed by atoms with Gasteiger partial charge in [0.05, 0.1) is 11.3 Å². The molecule has 0 aliphatic carbocycles. The molecule has 0 atom stereocenters. The van der Waals surface area contributed by atoms with Gasteiger partial charge < -0.3 is 5.32 Å². The molecule has 0 aliphatic heterocycles. The van der Waals surface area contributed by atoms with E-state index in [1.54, 1.807) is 6.20 Å². The van der Waals surface area contributed by atoms with Crippen LogP contribution >= 0.6 is 24.0 Å². The first kappa shape index (κ1) is 18.2. The summed E-state index contributed by atoms with van der Waals surface area (Å²) in [7, 11) is 0. The summed E-state index contributed by atoms with van der Waals surface area (Å²) in [5.74, 6) is 0.0896. The van der Waals surface area contributed by atoms with Gasteiger partial charge in [0.1, 0.15) is 0 Å². The number of benzene rings is 2. The van der Waals surface area contributed by atoms with Gasteiger partial charge >= 0.3 is 0 Å². The van der Waals surface area contributed by atoms with E-state index in [1.807, 2.05) is 61.5 Å². The molecule has 26 heavy (non-hydrogen) atoms. The number of thioether (sulfide) groups is 1. The molecule has 0 bridgehead atoms. The number of fused-ring (bicyclic) bond motifs is 1. The highest BCUT2D eigenvalue weighted by molar-refractivity contribution is 8.00. The number of hydrogen-bond acceptors (Lipinski definition) is 4. The van der Waals surface area contributed by atoms with Crippen LogP contribution in [-0.2, 0) is 4.79 Å². The molecule has 2 aromatic carbocycles. The maximum absolute atomic E-state index is 12.1. The van der Waals surface area contributed by atoms with Gasteiger partial charge in [-0.3, -0.25) is 20.6 Å². The number of anilines is 1. The Morgan fingerprint density at radius 3 is 2.77 bits per heavy atom. The number of nitrogens with zero attached hydrogens (tertiary/aromatic N) is 1. The molecular weight excluding hydrogens is 364 g/mol. The lowest BCUT2D eigenvalue weighted by molar-refractivity contribution is -0.119. The van der Waals surface area contributed by atoms with Crippen LogP contribution < -0.4 is 16.2 Å². The van der Waals surface area contributed by atoms with E-state index in [4.69, 9.17) is 12.2 Å². The summed E-state index contributed by atoms with van der Waals surface area (Å²) in [4.78, 5) is 17.4. The Kier molecular flexibility index (Phi) is 6.04. The quantitative estimate of drug-likeness (QED) is 0.364. The van der Waals surface area contributed by atoms with Gasteiger partial charge in [-0.1, -0.05) is 30.3 Å². The number of carbonyl (C=O) groups excluding carboxylic acids is 1. The van der Waals surface area contributed by atoms with Crippen LogP contribution in [0.15, 0.2) is 65.7 Å². The molecule has 1 amide bonds. The zero-order chi connectivity index (χ0) is 18.4. The van der Waals surface area contributed by atoms with Gasteiger partial charge in [0.2, 0.25) is 5.91 Å². The van der Waals surface area contributed by atoms with E-state index >= 15 is 0 Å². The third-order valence-electron chi connectivity index (χ3n) is 3.55. The number of rotatable bonds is 4. The third-order valence-corrected chi connectivity index (χ3v) is 4.80. The lowest BCUT2D eigenvalue weighted by Gasteiger charge is -2.12. The van der Waals surface area contributed by atoms with Crippen molar-refractivity contribution in [2.24, 2.45) is 0 Å². The average Bonchev–Trinajstić information content (AvgIpc) is 2.64. The first-order valence-electron chi connectivity index (χ1n) is 8.01. The normalized spacial score (nSPS) is 10.3. The van der Waals surface area contributed by atoms with E-state index in [1.165, 1.54) is 11.8 Å². The Balaban J connectivity index is 1.49. The number of hydrazine groups is 1. The Morgan fingerprint density at radius 2 is 1.92 bits per heavy atom. The van der Waals surface area contributed by atoms with Crippen molar-refractivity contribution in [2.75, 3.05) is 11.1 Å². The van der Waals surface area contributed by atoms with Crippen molar-refractivity contribution >= 4 is 51.6 Å². The fourth-order valence-electron chi connectivity index (χ4n) is 2.38. The summed E-state index contributed by atoms with van der Waals surface area (Å²) < 4.78 is 0. The Bertz CT molecular complexity index is 940. The predicted molar refractivity (Wildman–Crippen MR) is 111 cm³/mol.